The first-order valence-electron chi connectivity index (χ1n) is 10.4. The number of H-pyrrole nitrogens is 1. The summed E-state index contributed by atoms with van der Waals surface area (Å²) in [6.07, 6.45) is 5.15. The summed E-state index contributed by atoms with van der Waals surface area (Å²) in [5.41, 5.74) is 4.35. The minimum Gasteiger partial charge on any atom is -0.462 e. The van der Waals surface area contributed by atoms with E-state index in [2.05, 4.69) is 32.1 Å². The van der Waals surface area contributed by atoms with Gasteiger partial charge in [0.25, 0.3) is 0 Å². The van der Waals surface area contributed by atoms with Crippen molar-refractivity contribution >= 4 is 28.5 Å². The molecule has 0 bridgehead atoms. The van der Waals surface area contributed by atoms with Gasteiger partial charge in [0.15, 0.2) is 5.65 Å². The largest absolute Gasteiger partial charge is 0.462 e. The molecule has 1 aromatic carbocycles. The summed E-state index contributed by atoms with van der Waals surface area (Å²) in [6, 6.07) is 16.1. The highest BCUT2D eigenvalue weighted by atomic mass is 16.5. The smallest absolute Gasteiger partial charge is 0.343 e. The Morgan fingerprint density at radius 3 is 2.84 bits per heavy atom. The monoisotopic (exact) mass is 426 g/mol. The minimum atomic E-state index is -0.440. The Morgan fingerprint density at radius 2 is 2.03 bits per heavy atom. The average molecular weight is 426 g/mol. The number of aromatic amines is 1. The number of nitrogens with one attached hydrogen (secondary N) is 1. The molecular formula is C24H22N6O2. The molecule has 1 N–H and O–H groups in total. The standard InChI is InChI=1S/C24H22N6O2/c1-3-32-24(31)19-14-27-30-21(29(2)15-16-8-5-4-6-9-16)12-20(28-23(19)30)18-13-26-22-17(18)10-7-11-25-22/h4-14H,3,15H2,1-2H3,(H,25,26). The fraction of sp³-hybridized carbons (Fsp3) is 0.167. The molecule has 0 atom stereocenters. The van der Waals surface area contributed by atoms with Gasteiger partial charge in [0.05, 0.1) is 18.5 Å². The van der Waals surface area contributed by atoms with Crippen molar-refractivity contribution in [1.29, 1.82) is 0 Å². The summed E-state index contributed by atoms with van der Waals surface area (Å²) in [5.74, 6) is 0.368. The number of pyridine rings is 1. The Morgan fingerprint density at radius 1 is 1.19 bits per heavy atom. The van der Waals surface area contributed by atoms with Crippen molar-refractivity contribution < 1.29 is 9.53 Å². The van der Waals surface area contributed by atoms with Crippen molar-refractivity contribution in [3.05, 3.63) is 78.2 Å². The minimum absolute atomic E-state index is 0.282. The fourth-order valence-corrected chi connectivity index (χ4v) is 3.82. The maximum Gasteiger partial charge on any atom is 0.343 e. The second-order valence-electron chi connectivity index (χ2n) is 7.46. The number of ether oxygens (including phenoxy) is 1. The predicted molar refractivity (Wildman–Crippen MR) is 123 cm³/mol. The Kier molecular flexibility index (Phi) is 5.03. The number of fused-ring (bicyclic) bond motifs is 2. The van der Waals surface area contributed by atoms with Gasteiger partial charge in [-0.1, -0.05) is 30.3 Å². The normalized spacial score (nSPS) is 11.2. The van der Waals surface area contributed by atoms with E-state index in [9.17, 15) is 4.79 Å². The zero-order valence-corrected chi connectivity index (χ0v) is 17.8. The number of nitrogens with zero attached hydrogens (tertiary/aromatic N) is 5. The topological polar surface area (TPSA) is 88.4 Å². The van der Waals surface area contributed by atoms with Gasteiger partial charge >= 0.3 is 5.97 Å². The van der Waals surface area contributed by atoms with Gasteiger partial charge in [0.2, 0.25) is 0 Å². The molecule has 160 valence electrons. The van der Waals surface area contributed by atoms with Crippen molar-refractivity contribution in [1.82, 2.24) is 24.6 Å². The van der Waals surface area contributed by atoms with Gasteiger partial charge < -0.3 is 14.6 Å². The predicted octanol–water partition coefficient (Wildman–Crippen LogP) is 4.09. The Labute approximate surface area is 184 Å². The van der Waals surface area contributed by atoms with Crippen molar-refractivity contribution in [2.24, 2.45) is 0 Å². The molecule has 0 fully saturated rings. The van der Waals surface area contributed by atoms with Crippen LogP contribution < -0.4 is 4.90 Å². The molecule has 0 unspecified atom stereocenters. The summed E-state index contributed by atoms with van der Waals surface area (Å²) < 4.78 is 6.92. The lowest BCUT2D eigenvalue weighted by atomic mass is 10.1. The van der Waals surface area contributed by atoms with Gasteiger partial charge in [-0.25, -0.2) is 14.8 Å². The molecule has 4 heterocycles. The third-order valence-corrected chi connectivity index (χ3v) is 5.33. The lowest BCUT2D eigenvalue weighted by Gasteiger charge is -2.21. The summed E-state index contributed by atoms with van der Waals surface area (Å²) in [4.78, 5) is 27.0. The maximum absolute atomic E-state index is 12.6. The van der Waals surface area contributed by atoms with E-state index < -0.39 is 5.97 Å². The molecule has 0 aliphatic rings. The zero-order valence-electron chi connectivity index (χ0n) is 17.8. The summed E-state index contributed by atoms with van der Waals surface area (Å²) >= 11 is 0. The van der Waals surface area contributed by atoms with E-state index in [-0.39, 0.29) is 6.61 Å². The van der Waals surface area contributed by atoms with E-state index in [1.807, 2.05) is 49.6 Å². The highest BCUT2D eigenvalue weighted by Gasteiger charge is 2.21. The van der Waals surface area contributed by atoms with E-state index in [0.717, 1.165) is 33.7 Å². The fourth-order valence-electron chi connectivity index (χ4n) is 3.82. The number of esters is 1. The first-order valence-corrected chi connectivity index (χ1v) is 10.4. The second kappa shape index (κ2) is 8.14. The SMILES string of the molecule is CCOC(=O)c1cnn2c(N(C)Cc3ccccc3)cc(-c3c[nH]c4ncccc34)nc12. The number of aromatic nitrogens is 5. The van der Waals surface area contributed by atoms with Crippen LogP contribution in [0.25, 0.3) is 27.9 Å². The molecule has 4 aromatic heterocycles. The van der Waals surface area contributed by atoms with Crippen LogP contribution in [0, 0.1) is 0 Å². The molecular weight excluding hydrogens is 404 g/mol. The molecule has 32 heavy (non-hydrogen) atoms. The van der Waals surface area contributed by atoms with E-state index in [1.54, 1.807) is 17.6 Å². The molecule has 5 rings (SSSR count). The number of hydrogen-bond donors (Lipinski definition) is 1. The zero-order chi connectivity index (χ0) is 22.1. The van der Waals surface area contributed by atoms with Gasteiger partial charge in [0.1, 0.15) is 17.0 Å². The first kappa shape index (κ1) is 19.7. The highest BCUT2D eigenvalue weighted by molar-refractivity contribution is 5.97. The van der Waals surface area contributed by atoms with Crippen LogP contribution >= 0.6 is 0 Å². The Hall–Kier alpha value is -4.20. The van der Waals surface area contributed by atoms with Crippen molar-refractivity contribution in [3.63, 3.8) is 0 Å². The second-order valence-corrected chi connectivity index (χ2v) is 7.46. The Bertz CT molecular complexity index is 1410. The molecule has 0 radical (unpaired) electrons. The lowest BCUT2D eigenvalue weighted by molar-refractivity contribution is 0.0528. The average Bonchev–Trinajstić information content (AvgIpc) is 3.43. The van der Waals surface area contributed by atoms with Crippen LogP contribution in [0.1, 0.15) is 22.8 Å². The molecule has 8 heteroatoms. The van der Waals surface area contributed by atoms with Crippen LogP contribution in [0.5, 0.6) is 0 Å². The summed E-state index contributed by atoms with van der Waals surface area (Å²) in [7, 11) is 1.99. The number of rotatable bonds is 6. The molecule has 0 aliphatic heterocycles. The summed E-state index contributed by atoms with van der Waals surface area (Å²) in [5, 5.41) is 5.42. The molecule has 5 aromatic rings. The van der Waals surface area contributed by atoms with Crippen LogP contribution in [0.4, 0.5) is 5.82 Å². The van der Waals surface area contributed by atoms with Gasteiger partial charge in [-0.2, -0.15) is 9.61 Å². The van der Waals surface area contributed by atoms with Gasteiger partial charge in [-0.15, -0.1) is 0 Å². The maximum atomic E-state index is 12.6. The van der Waals surface area contributed by atoms with Gasteiger partial charge in [-0.3, -0.25) is 0 Å². The third-order valence-electron chi connectivity index (χ3n) is 5.33. The number of benzene rings is 1. The Balaban J connectivity index is 1.68. The quantitative estimate of drug-likeness (QED) is 0.412. The third kappa shape index (κ3) is 3.45. The van der Waals surface area contributed by atoms with Crippen molar-refractivity contribution in [2.45, 2.75) is 13.5 Å². The highest BCUT2D eigenvalue weighted by Crippen LogP contribution is 2.30. The molecule has 0 aliphatic carbocycles. The molecule has 8 nitrogen and oxygen atoms in total. The van der Waals surface area contributed by atoms with Crippen LogP contribution in [0.2, 0.25) is 0 Å². The van der Waals surface area contributed by atoms with Crippen molar-refractivity contribution in [3.8, 4) is 11.3 Å². The van der Waals surface area contributed by atoms with E-state index in [0.29, 0.717) is 17.8 Å². The number of anilines is 1. The van der Waals surface area contributed by atoms with Crippen LogP contribution in [-0.2, 0) is 11.3 Å². The molecule has 0 spiro atoms. The first-order chi connectivity index (χ1) is 15.7. The van der Waals surface area contributed by atoms with E-state index >= 15 is 0 Å². The van der Waals surface area contributed by atoms with Gasteiger partial charge in [0, 0.05) is 43.0 Å². The molecule has 0 saturated heterocycles. The van der Waals surface area contributed by atoms with Gasteiger partial charge in [-0.05, 0) is 24.6 Å². The number of carbonyl (C=O) groups is 1. The number of hydrogen-bond acceptors (Lipinski definition) is 6. The lowest BCUT2D eigenvalue weighted by Crippen LogP contribution is -2.20. The van der Waals surface area contributed by atoms with Crippen LogP contribution in [-0.4, -0.2) is 44.2 Å². The van der Waals surface area contributed by atoms with Crippen molar-refractivity contribution in [2.75, 3.05) is 18.6 Å². The molecule has 0 amide bonds. The van der Waals surface area contributed by atoms with E-state index in [4.69, 9.17) is 9.72 Å². The van der Waals surface area contributed by atoms with Crippen LogP contribution in [0.3, 0.4) is 0 Å². The van der Waals surface area contributed by atoms with Crippen LogP contribution in [0.15, 0.2) is 67.1 Å². The summed E-state index contributed by atoms with van der Waals surface area (Å²) in [6.45, 7) is 2.73. The molecule has 0 saturated carbocycles. The number of carbonyl (C=O) groups excluding carboxylic acids is 1. The van der Waals surface area contributed by atoms with E-state index in [1.165, 1.54) is 6.20 Å².